The Morgan fingerprint density at radius 2 is 2.27 bits per heavy atom. The van der Waals surface area contributed by atoms with E-state index in [-0.39, 0.29) is 0 Å². The van der Waals surface area contributed by atoms with Gasteiger partial charge in [0.1, 0.15) is 0 Å². The molecular weight excluding hydrogens is 134 g/mol. The molecule has 0 atom stereocenters. The van der Waals surface area contributed by atoms with Crippen LogP contribution in [0.5, 0.6) is 0 Å². The van der Waals surface area contributed by atoms with E-state index in [4.69, 9.17) is 0 Å². The zero-order chi connectivity index (χ0) is 8.27. The van der Waals surface area contributed by atoms with Crippen molar-refractivity contribution < 1.29 is 0 Å². The molecule has 0 amide bonds. The fourth-order valence-electron chi connectivity index (χ4n) is 1.33. The van der Waals surface area contributed by atoms with Crippen molar-refractivity contribution in [1.29, 1.82) is 0 Å². The minimum absolute atomic E-state index is 0.998. The summed E-state index contributed by atoms with van der Waals surface area (Å²) in [5, 5.41) is 3.31. The fourth-order valence-corrected chi connectivity index (χ4v) is 1.33. The van der Waals surface area contributed by atoms with Gasteiger partial charge >= 0.3 is 0 Å². The maximum Gasteiger partial charge on any atom is 0.0214 e. The van der Waals surface area contributed by atoms with Crippen LogP contribution < -0.4 is 5.32 Å². The van der Waals surface area contributed by atoms with E-state index in [1.807, 2.05) is 6.08 Å². The van der Waals surface area contributed by atoms with Crippen LogP contribution >= 0.6 is 0 Å². The van der Waals surface area contributed by atoms with Crippen LogP contribution in [0, 0.1) is 0 Å². The fraction of sp³-hybridized carbons (Fsp3) is 0.400. The van der Waals surface area contributed by atoms with Crippen molar-refractivity contribution in [2.75, 3.05) is 13.1 Å². The first kappa shape index (κ1) is 8.28. The van der Waals surface area contributed by atoms with Crippen LogP contribution in [0.25, 0.3) is 0 Å². The van der Waals surface area contributed by atoms with Crippen LogP contribution in [0.2, 0.25) is 0 Å². The number of allylic oxidation sites excluding steroid dienone is 3. The Labute approximate surface area is 68.5 Å². The third kappa shape index (κ3) is 1.60. The molecule has 1 fully saturated rings. The molecule has 0 radical (unpaired) electrons. The van der Waals surface area contributed by atoms with Crippen molar-refractivity contribution in [3.05, 3.63) is 35.5 Å². The van der Waals surface area contributed by atoms with Gasteiger partial charge in [-0.2, -0.15) is 0 Å². The van der Waals surface area contributed by atoms with Crippen LogP contribution in [0.4, 0.5) is 0 Å². The van der Waals surface area contributed by atoms with E-state index >= 15 is 0 Å². The van der Waals surface area contributed by atoms with Crippen LogP contribution in [0.15, 0.2) is 35.5 Å². The summed E-state index contributed by atoms with van der Waals surface area (Å²) < 4.78 is 0. The zero-order valence-electron chi connectivity index (χ0n) is 7.28. The molecule has 0 spiro atoms. The molecule has 11 heavy (non-hydrogen) atoms. The molecule has 1 aliphatic rings. The zero-order valence-corrected chi connectivity index (χ0v) is 7.28. The van der Waals surface area contributed by atoms with E-state index in [1.165, 1.54) is 16.7 Å². The van der Waals surface area contributed by atoms with Crippen molar-refractivity contribution in [2.45, 2.75) is 13.8 Å². The Balaban J connectivity index is 2.96. The Morgan fingerprint density at radius 1 is 1.55 bits per heavy atom. The van der Waals surface area contributed by atoms with E-state index in [2.05, 4.69) is 31.8 Å². The molecule has 0 unspecified atom stereocenters. The maximum atomic E-state index is 3.76. The second-order valence-electron chi connectivity index (χ2n) is 2.78. The van der Waals surface area contributed by atoms with Crippen molar-refractivity contribution >= 4 is 0 Å². The Kier molecular flexibility index (Phi) is 2.66. The molecule has 0 aromatic carbocycles. The summed E-state index contributed by atoms with van der Waals surface area (Å²) in [5.74, 6) is 0. The average Bonchev–Trinajstić information content (AvgIpc) is 2.50. The highest BCUT2D eigenvalue weighted by Crippen LogP contribution is 2.18. The third-order valence-electron chi connectivity index (χ3n) is 2.14. The van der Waals surface area contributed by atoms with Crippen molar-refractivity contribution in [2.24, 2.45) is 0 Å². The standard InChI is InChI=1S/C10H15N/c1-4-8(3)10-7-11-6-9(10)5-2/h4-5,11H,1,6-7H2,2-3H3/b9-5-,10-8-. The quantitative estimate of drug-likeness (QED) is 0.601. The molecular formula is C10H15N. The molecule has 1 N–H and O–H groups in total. The number of nitrogens with one attached hydrogen (secondary N) is 1. The van der Waals surface area contributed by atoms with Gasteiger partial charge in [-0.25, -0.2) is 0 Å². The van der Waals surface area contributed by atoms with E-state index in [0.29, 0.717) is 0 Å². The first-order valence-corrected chi connectivity index (χ1v) is 3.98. The molecule has 1 rings (SSSR count). The van der Waals surface area contributed by atoms with Gasteiger partial charge in [-0.3, -0.25) is 0 Å². The van der Waals surface area contributed by atoms with Gasteiger partial charge in [0, 0.05) is 13.1 Å². The Hall–Kier alpha value is -0.820. The van der Waals surface area contributed by atoms with Crippen molar-refractivity contribution in [3.8, 4) is 0 Å². The second-order valence-corrected chi connectivity index (χ2v) is 2.78. The number of hydrogen-bond donors (Lipinski definition) is 1. The van der Waals surface area contributed by atoms with Crippen LogP contribution in [0.1, 0.15) is 13.8 Å². The summed E-state index contributed by atoms with van der Waals surface area (Å²) in [4.78, 5) is 0. The van der Waals surface area contributed by atoms with E-state index < -0.39 is 0 Å². The second kappa shape index (κ2) is 3.54. The smallest absolute Gasteiger partial charge is 0.0214 e. The van der Waals surface area contributed by atoms with Gasteiger partial charge in [-0.15, -0.1) is 0 Å². The first-order valence-electron chi connectivity index (χ1n) is 3.98. The molecule has 0 aromatic heterocycles. The van der Waals surface area contributed by atoms with Crippen LogP contribution in [0.3, 0.4) is 0 Å². The topological polar surface area (TPSA) is 12.0 Å². The lowest BCUT2D eigenvalue weighted by Gasteiger charge is -2.00. The number of rotatable bonds is 1. The summed E-state index contributed by atoms with van der Waals surface area (Å²) in [7, 11) is 0. The lowest BCUT2D eigenvalue weighted by molar-refractivity contribution is 0.893. The number of hydrogen-bond acceptors (Lipinski definition) is 1. The SMILES string of the molecule is C=C/C(C)=C1/CNC/C1=C/C. The molecule has 1 heterocycles. The Morgan fingerprint density at radius 3 is 2.82 bits per heavy atom. The molecule has 1 aliphatic heterocycles. The van der Waals surface area contributed by atoms with Gasteiger partial charge in [-0.05, 0) is 30.6 Å². The van der Waals surface area contributed by atoms with Gasteiger partial charge in [-0.1, -0.05) is 18.7 Å². The molecule has 1 saturated heterocycles. The van der Waals surface area contributed by atoms with Gasteiger partial charge < -0.3 is 5.32 Å². The summed E-state index contributed by atoms with van der Waals surface area (Å²) in [6.45, 7) is 9.96. The summed E-state index contributed by atoms with van der Waals surface area (Å²) in [6.07, 6.45) is 4.09. The molecule has 0 aromatic rings. The van der Waals surface area contributed by atoms with E-state index in [9.17, 15) is 0 Å². The molecule has 1 heteroatoms. The highest BCUT2D eigenvalue weighted by atomic mass is 14.9. The minimum Gasteiger partial charge on any atom is -0.309 e. The van der Waals surface area contributed by atoms with Gasteiger partial charge in [0.05, 0.1) is 0 Å². The van der Waals surface area contributed by atoms with Gasteiger partial charge in [0.2, 0.25) is 0 Å². The summed E-state index contributed by atoms with van der Waals surface area (Å²) in [6, 6.07) is 0. The Bertz CT molecular complexity index is 221. The van der Waals surface area contributed by atoms with Gasteiger partial charge in [0.25, 0.3) is 0 Å². The normalized spacial score (nSPS) is 25.8. The largest absolute Gasteiger partial charge is 0.309 e. The lowest BCUT2D eigenvalue weighted by atomic mass is 10.0. The summed E-state index contributed by atoms with van der Waals surface area (Å²) in [5.41, 5.74) is 4.13. The molecule has 0 bridgehead atoms. The molecule has 60 valence electrons. The lowest BCUT2D eigenvalue weighted by Crippen LogP contribution is -2.05. The molecule has 1 nitrogen and oxygen atoms in total. The van der Waals surface area contributed by atoms with E-state index in [1.54, 1.807) is 0 Å². The molecule has 0 saturated carbocycles. The van der Waals surface area contributed by atoms with E-state index in [0.717, 1.165) is 13.1 Å². The highest BCUT2D eigenvalue weighted by molar-refractivity contribution is 5.43. The monoisotopic (exact) mass is 149 g/mol. The van der Waals surface area contributed by atoms with Crippen LogP contribution in [-0.2, 0) is 0 Å². The highest BCUT2D eigenvalue weighted by Gasteiger charge is 2.12. The average molecular weight is 149 g/mol. The predicted molar refractivity (Wildman–Crippen MR) is 49.5 cm³/mol. The van der Waals surface area contributed by atoms with Crippen LogP contribution in [-0.4, -0.2) is 13.1 Å². The minimum atomic E-state index is 0.998. The van der Waals surface area contributed by atoms with Crippen molar-refractivity contribution in [1.82, 2.24) is 5.32 Å². The van der Waals surface area contributed by atoms with Gasteiger partial charge in [0.15, 0.2) is 0 Å². The predicted octanol–water partition coefficient (Wildman–Crippen LogP) is 2.04. The maximum absolute atomic E-state index is 3.76. The van der Waals surface area contributed by atoms with Crippen molar-refractivity contribution in [3.63, 3.8) is 0 Å². The summed E-state index contributed by atoms with van der Waals surface area (Å²) >= 11 is 0. The third-order valence-corrected chi connectivity index (χ3v) is 2.14. The molecule has 0 aliphatic carbocycles. The first-order chi connectivity index (χ1) is 5.29.